The van der Waals surface area contributed by atoms with Crippen molar-refractivity contribution in [2.45, 2.75) is 13.0 Å². The Hall–Kier alpha value is -2.98. The molecule has 0 fully saturated rings. The summed E-state index contributed by atoms with van der Waals surface area (Å²) in [6.07, 6.45) is 8.40. The summed E-state index contributed by atoms with van der Waals surface area (Å²) < 4.78 is 0. The molecule has 1 amide bonds. The third-order valence-corrected chi connectivity index (χ3v) is 4.14. The number of benzene rings is 1. The van der Waals surface area contributed by atoms with Crippen LogP contribution < -0.4 is 5.32 Å². The molecular weight excluding hydrogens is 346 g/mol. The Morgan fingerprint density at radius 3 is 2.73 bits per heavy atom. The third kappa shape index (κ3) is 4.77. The molecule has 1 N–H and O–H groups in total. The zero-order valence-electron chi connectivity index (χ0n) is 14.3. The number of carbonyl (C=O) groups is 1. The van der Waals surface area contributed by atoms with Gasteiger partial charge in [-0.15, -0.1) is 0 Å². The van der Waals surface area contributed by atoms with Gasteiger partial charge in [0.25, 0.3) is 0 Å². The van der Waals surface area contributed by atoms with Crippen LogP contribution in [0.25, 0.3) is 17.2 Å². The highest BCUT2D eigenvalue weighted by Gasteiger charge is 2.09. The molecule has 3 aromatic rings. The number of pyridine rings is 2. The minimum absolute atomic E-state index is 0.124. The first kappa shape index (κ1) is 17.8. The van der Waals surface area contributed by atoms with E-state index < -0.39 is 0 Å². The predicted octanol–water partition coefficient (Wildman–Crippen LogP) is 4.69. The Labute approximate surface area is 157 Å². The van der Waals surface area contributed by atoms with Crippen molar-refractivity contribution >= 4 is 23.6 Å². The fourth-order valence-corrected chi connectivity index (χ4v) is 2.64. The topological polar surface area (TPSA) is 54.9 Å². The number of aromatic nitrogens is 2. The van der Waals surface area contributed by atoms with Gasteiger partial charge in [0.1, 0.15) is 5.15 Å². The van der Waals surface area contributed by atoms with E-state index in [0.29, 0.717) is 5.15 Å². The van der Waals surface area contributed by atoms with Crippen LogP contribution in [0.2, 0.25) is 5.15 Å². The lowest BCUT2D eigenvalue weighted by Gasteiger charge is -2.14. The maximum absolute atomic E-state index is 12.1. The van der Waals surface area contributed by atoms with Gasteiger partial charge in [0.15, 0.2) is 0 Å². The van der Waals surface area contributed by atoms with Gasteiger partial charge >= 0.3 is 0 Å². The number of carbonyl (C=O) groups excluding carboxylic acids is 1. The minimum Gasteiger partial charge on any atom is -0.346 e. The van der Waals surface area contributed by atoms with Crippen molar-refractivity contribution in [1.29, 1.82) is 0 Å². The average Bonchev–Trinajstić information content (AvgIpc) is 2.68. The number of nitrogens with one attached hydrogen (secondary N) is 1. The van der Waals surface area contributed by atoms with E-state index in [-0.39, 0.29) is 11.9 Å². The molecule has 3 rings (SSSR count). The summed E-state index contributed by atoms with van der Waals surface area (Å²) in [7, 11) is 0. The molecule has 2 aromatic heterocycles. The molecule has 0 bridgehead atoms. The first-order valence-electron chi connectivity index (χ1n) is 8.22. The quantitative estimate of drug-likeness (QED) is 0.528. The van der Waals surface area contributed by atoms with Crippen LogP contribution in [0.1, 0.15) is 24.1 Å². The van der Waals surface area contributed by atoms with Gasteiger partial charge < -0.3 is 5.32 Å². The number of halogens is 1. The predicted molar refractivity (Wildman–Crippen MR) is 105 cm³/mol. The van der Waals surface area contributed by atoms with Crippen LogP contribution in [0, 0.1) is 0 Å². The maximum atomic E-state index is 12.1. The Morgan fingerprint density at radius 1 is 1.12 bits per heavy atom. The SMILES string of the molecule is C[C@H](NC(=O)/C=C\c1cccnc1)c1cccc(-c2ccc(Cl)nc2)c1. The highest BCUT2D eigenvalue weighted by Crippen LogP contribution is 2.23. The highest BCUT2D eigenvalue weighted by atomic mass is 35.5. The molecule has 130 valence electrons. The Balaban J connectivity index is 1.69. The van der Waals surface area contributed by atoms with Gasteiger partial charge in [-0.3, -0.25) is 9.78 Å². The van der Waals surface area contributed by atoms with Crippen LogP contribution in [-0.2, 0) is 4.79 Å². The van der Waals surface area contributed by atoms with Crippen molar-refractivity contribution in [1.82, 2.24) is 15.3 Å². The molecule has 0 radical (unpaired) electrons. The van der Waals surface area contributed by atoms with Crippen molar-refractivity contribution in [3.8, 4) is 11.1 Å². The number of rotatable bonds is 5. The number of hydrogen-bond donors (Lipinski definition) is 1. The van der Waals surface area contributed by atoms with Crippen molar-refractivity contribution < 1.29 is 4.79 Å². The number of amides is 1. The fraction of sp³-hybridized carbons (Fsp3) is 0.0952. The molecule has 0 aliphatic rings. The molecule has 4 nitrogen and oxygen atoms in total. The average molecular weight is 364 g/mol. The molecule has 0 aliphatic heterocycles. The van der Waals surface area contributed by atoms with E-state index in [1.807, 2.05) is 49.4 Å². The van der Waals surface area contributed by atoms with Crippen LogP contribution >= 0.6 is 11.6 Å². The lowest BCUT2D eigenvalue weighted by Crippen LogP contribution is -2.24. The first-order valence-corrected chi connectivity index (χ1v) is 8.60. The Morgan fingerprint density at radius 2 is 2.00 bits per heavy atom. The summed E-state index contributed by atoms with van der Waals surface area (Å²) in [6.45, 7) is 1.95. The van der Waals surface area contributed by atoms with E-state index in [9.17, 15) is 4.79 Å². The van der Waals surface area contributed by atoms with E-state index >= 15 is 0 Å². The molecule has 0 saturated carbocycles. The van der Waals surface area contributed by atoms with Gasteiger partial charge in [-0.25, -0.2) is 4.98 Å². The van der Waals surface area contributed by atoms with Crippen LogP contribution in [-0.4, -0.2) is 15.9 Å². The van der Waals surface area contributed by atoms with Crippen LogP contribution in [0.4, 0.5) is 0 Å². The van der Waals surface area contributed by atoms with Crippen LogP contribution in [0.5, 0.6) is 0 Å². The molecule has 0 aliphatic carbocycles. The summed E-state index contributed by atoms with van der Waals surface area (Å²) in [6, 6.07) is 15.3. The molecule has 1 aromatic carbocycles. The lowest BCUT2D eigenvalue weighted by molar-refractivity contribution is -0.117. The van der Waals surface area contributed by atoms with Gasteiger partial charge in [-0.1, -0.05) is 35.9 Å². The second-order valence-electron chi connectivity index (χ2n) is 5.85. The largest absolute Gasteiger partial charge is 0.346 e. The molecule has 26 heavy (non-hydrogen) atoms. The molecular formula is C21H18ClN3O. The molecule has 2 heterocycles. The zero-order chi connectivity index (χ0) is 18.4. The second-order valence-corrected chi connectivity index (χ2v) is 6.23. The van der Waals surface area contributed by atoms with Crippen molar-refractivity contribution in [2.75, 3.05) is 0 Å². The van der Waals surface area contributed by atoms with E-state index in [1.54, 1.807) is 30.7 Å². The third-order valence-electron chi connectivity index (χ3n) is 3.92. The lowest BCUT2D eigenvalue weighted by atomic mass is 10.0. The minimum atomic E-state index is -0.153. The van der Waals surface area contributed by atoms with Crippen LogP contribution in [0.15, 0.2) is 73.2 Å². The number of hydrogen-bond acceptors (Lipinski definition) is 3. The highest BCUT2D eigenvalue weighted by molar-refractivity contribution is 6.29. The summed E-state index contributed by atoms with van der Waals surface area (Å²) in [5.74, 6) is -0.153. The first-order chi connectivity index (χ1) is 12.6. The molecule has 0 spiro atoms. The van der Waals surface area contributed by atoms with Gasteiger partial charge in [-0.2, -0.15) is 0 Å². The summed E-state index contributed by atoms with van der Waals surface area (Å²) >= 11 is 5.84. The molecule has 5 heteroatoms. The molecule has 1 atom stereocenters. The van der Waals surface area contributed by atoms with E-state index in [1.165, 1.54) is 6.08 Å². The van der Waals surface area contributed by atoms with Crippen molar-refractivity contribution in [3.63, 3.8) is 0 Å². The molecule has 0 unspecified atom stereocenters. The Bertz CT molecular complexity index is 908. The summed E-state index contributed by atoms with van der Waals surface area (Å²) in [5.41, 5.74) is 3.90. The van der Waals surface area contributed by atoms with E-state index in [4.69, 9.17) is 11.6 Å². The maximum Gasteiger partial charge on any atom is 0.244 e. The van der Waals surface area contributed by atoms with Crippen molar-refractivity contribution in [3.05, 3.63) is 89.5 Å². The summed E-state index contributed by atoms with van der Waals surface area (Å²) in [5, 5.41) is 3.44. The van der Waals surface area contributed by atoms with Crippen LogP contribution in [0.3, 0.4) is 0 Å². The number of nitrogens with zero attached hydrogens (tertiary/aromatic N) is 2. The second kappa shape index (κ2) is 8.41. The summed E-state index contributed by atoms with van der Waals surface area (Å²) in [4.78, 5) is 20.3. The zero-order valence-corrected chi connectivity index (χ0v) is 15.0. The molecule has 0 saturated heterocycles. The van der Waals surface area contributed by atoms with Gasteiger partial charge in [0, 0.05) is 30.2 Å². The normalized spacial score (nSPS) is 12.1. The standard InChI is InChI=1S/C21H18ClN3O/c1-15(25-21(26)10-7-16-4-3-11-23-13-16)17-5-2-6-18(12-17)19-8-9-20(22)24-14-19/h2-15H,1H3,(H,25,26)/b10-7-/t15-/m0/s1. The van der Waals surface area contributed by atoms with Gasteiger partial charge in [0.2, 0.25) is 5.91 Å². The van der Waals surface area contributed by atoms with Crippen molar-refractivity contribution in [2.24, 2.45) is 0 Å². The van der Waals surface area contributed by atoms with E-state index in [2.05, 4.69) is 15.3 Å². The van der Waals surface area contributed by atoms with Gasteiger partial charge in [0.05, 0.1) is 6.04 Å². The van der Waals surface area contributed by atoms with Gasteiger partial charge in [-0.05, 0) is 54.0 Å². The Kier molecular flexibility index (Phi) is 5.77. The van der Waals surface area contributed by atoms with E-state index in [0.717, 1.165) is 22.3 Å². The smallest absolute Gasteiger partial charge is 0.244 e. The fourth-order valence-electron chi connectivity index (χ4n) is 2.53. The monoisotopic (exact) mass is 363 g/mol.